The maximum Gasteiger partial charge on any atom is 0.389 e. The molecule has 13 N–H and O–H groups in total. The minimum atomic E-state index is -1.40. The Morgan fingerprint density at radius 2 is 1.42 bits per heavy atom. The third kappa shape index (κ3) is 17.7. The molecular weight excluding hydrogens is 653 g/mol. The Balaban J connectivity index is -0.00000533. The minimum absolute atomic E-state index is 0. The van der Waals surface area contributed by atoms with Gasteiger partial charge < -0.3 is 63.9 Å². The second kappa shape index (κ2) is 25.7. The molecule has 0 saturated carbocycles. The number of unbranched alkanes of at least 4 members (excludes halogenated alkanes) is 9. The summed E-state index contributed by atoms with van der Waals surface area (Å²) in [6.45, 7) is 2.62. The molecule has 3 atom stereocenters. The molecule has 0 fully saturated rings. The molecule has 3 unspecified atom stereocenters. The number of halogens is 3. The van der Waals surface area contributed by atoms with Gasteiger partial charge in [0.15, 0.2) is 0 Å². The van der Waals surface area contributed by atoms with Crippen molar-refractivity contribution >= 4 is 35.5 Å². The van der Waals surface area contributed by atoms with E-state index in [9.17, 15) is 9.59 Å². The molecule has 0 aliphatic carbocycles. The van der Waals surface area contributed by atoms with E-state index in [0.717, 1.165) is 19.3 Å². The van der Waals surface area contributed by atoms with Gasteiger partial charge in [0.05, 0.1) is 0 Å². The largest absolute Gasteiger partial charge is 1.00 e. The van der Waals surface area contributed by atoms with Crippen LogP contribution in [0.4, 0.5) is 0 Å². The predicted molar refractivity (Wildman–Crippen MR) is 165 cm³/mol. The summed E-state index contributed by atoms with van der Waals surface area (Å²) in [7, 11) is 0. The molecule has 0 heterocycles. The Bertz CT molecular complexity index is 902. The number of ether oxygens (including phenoxy) is 2. The zero-order valence-electron chi connectivity index (χ0n) is 26.3. The van der Waals surface area contributed by atoms with Gasteiger partial charge in [-0.1, -0.05) is 71.1 Å². The van der Waals surface area contributed by atoms with Gasteiger partial charge in [-0.2, -0.15) is 23.5 Å². The predicted octanol–water partition coefficient (Wildman–Crippen LogP) is -6.91. The van der Waals surface area contributed by atoms with Crippen molar-refractivity contribution < 1.29 is 73.5 Å². The van der Waals surface area contributed by atoms with E-state index in [4.69, 9.17) is 20.9 Å². The number of hydrogen-bond donors (Lipinski definition) is 5. The van der Waals surface area contributed by atoms with Crippen molar-refractivity contribution in [3.63, 3.8) is 0 Å². The smallest absolute Gasteiger partial charge is 0.389 e. The lowest BCUT2D eigenvalue weighted by atomic mass is 9.90. The zero-order chi connectivity index (χ0) is 30.0. The van der Waals surface area contributed by atoms with Crippen LogP contribution in [-0.4, -0.2) is 47.3 Å². The number of quaternary nitrogens is 3. The van der Waals surface area contributed by atoms with Crippen molar-refractivity contribution in [1.82, 2.24) is 0 Å². The van der Waals surface area contributed by atoms with E-state index in [1.165, 1.54) is 57.4 Å². The van der Waals surface area contributed by atoms with Crippen molar-refractivity contribution in [1.29, 1.82) is 0 Å². The van der Waals surface area contributed by atoms with Gasteiger partial charge in [0, 0.05) is 35.5 Å². The molecule has 43 heavy (non-hydrogen) atoms. The molecule has 0 aromatic heterocycles. The molecule has 254 valence electrons. The second-order valence-electron chi connectivity index (χ2n) is 10.9. The molecule has 14 heteroatoms. The quantitative estimate of drug-likeness (QED) is 0.0340. The summed E-state index contributed by atoms with van der Waals surface area (Å²) in [5.41, 5.74) is 22.3. The van der Waals surface area contributed by atoms with Gasteiger partial charge in [0.1, 0.15) is 18.0 Å². The molecule has 0 radical (unpaired) electrons. The van der Waals surface area contributed by atoms with Crippen LogP contribution in [0.3, 0.4) is 0 Å². The molecule has 0 aliphatic rings. The van der Waals surface area contributed by atoms with Crippen molar-refractivity contribution in [2.24, 2.45) is 17.4 Å². The first-order valence-corrected chi connectivity index (χ1v) is 17.4. The van der Waals surface area contributed by atoms with Gasteiger partial charge in [-0.15, -0.1) is 0 Å². The van der Waals surface area contributed by atoms with E-state index in [0.29, 0.717) is 30.0 Å². The van der Waals surface area contributed by atoms with Gasteiger partial charge in [-0.25, -0.2) is 9.59 Å². The topological polar surface area (TPSA) is 188 Å². The number of nitrogens with two attached hydrogens (primary N) is 2. The van der Waals surface area contributed by atoms with E-state index in [-0.39, 0.29) is 54.6 Å². The first-order valence-electron chi connectivity index (χ1n) is 14.7. The first-order chi connectivity index (χ1) is 19.0. The van der Waals surface area contributed by atoms with Gasteiger partial charge >= 0.3 is 11.9 Å². The maximum atomic E-state index is 13.2. The molecule has 1 rings (SSSR count). The molecular formula is C29H56Cl3N5O4S2. The molecule has 0 saturated heterocycles. The SMILES string of the molecule is CCCCCCCCCCCCC(CSC)C(N)([NH3+])C(=O)Oc1ccc(C[NH3+])c(OC(=O)C(N)([NH3+])CCSC)c1.[Cl-].[Cl-].[Cl-]. The van der Waals surface area contributed by atoms with E-state index < -0.39 is 23.3 Å². The fourth-order valence-corrected chi connectivity index (χ4v) is 5.86. The first kappa shape index (κ1) is 46.9. The highest BCUT2D eigenvalue weighted by molar-refractivity contribution is 7.98. The number of rotatable bonds is 22. The molecule has 1 aromatic rings. The summed E-state index contributed by atoms with van der Waals surface area (Å²) >= 11 is 3.23. The Hall–Kier alpha value is -0.470. The Labute approximate surface area is 286 Å². The monoisotopic (exact) mass is 707 g/mol. The van der Waals surface area contributed by atoms with Gasteiger partial charge in [-0.3, -0.25) is 11.5 Å². The Morgan fingerprint density at radius 3 is 1.93 bits per heavy atom. The Morgan fingerprint density at radius 1 is 0.860 bits per heavy atom. The van der Waals surface area contributed by atoms with Gasteiger partial charge in [0.25, 0.3) is 0 Å². The van der Waals surface area contributed by atoms with Crippen LogP contribution in [0.2, 0.25) is 0 Å². The van der Waals surface area contributed by atoms with E-state index in [2.05, 4.69) is 24.1 Å². The lowest BCUT2D eigenvalue weighted by Crippen LogP contribution is -3.00. The van der Waals surface area contributed by atoms with E-state index in [1.54, 1.807) is 35.7 Å². The van der Waals surface area contributed by atoms with Crippen LogP contribution in [0.1, 0.15) is 89.5 Å². The lowest BCUT2D eigenvalue weighted by molar-refractivity contribution is -0.473. The van der Waals surface area contributed by atoms with Crippen LogP contribution in [0.15, 0.2) is 18.2 Å². The molecule has 0 spiro atoms. The zero-order valence-corrected chi connectivity index (χ0v) is 30.2. The van der Waals surface area contributed by atoms with Crippen LogP contribution in [0.5, 0.6) is 11.5 Å². The maximum absolute atomic E-state index is 13.2. The average molecular weight is 709 g/mol. The third-order valence-corrected chi connectivity index (χ3v) is 8.61. The van der Waals surface area contributed by atoms with Crippen LogP contribution >= 0.6 is 23.5 Å². The number of benzene rings is 1. The van der Waals surface area contributed by atoms with Crippen LogP contribution in [0.25, 0.3) is 0 Å². The summed E-state index contributed by atoms with van der Waals surface area (Å²) in [5, 5.41) is 0. The molecule has 0 bridgehead atoms. The summed E-state index contributed by atoms with van der Waals surface area (Å²) < 4.78 is 11.3. The fourth-order valence-electron chi connectivity index (χ4n) is 4.43. The minimum Gasteiger partial charge on any atom is -1.00 e. The number of carbonyl (C=O) groups is 2. The Kier molecular flexibility index (Phi) is 28.0. The molecule has 0 aliphatic heterocycles. The van der Waals surface area contributed by atoms with Crippen molar-refractivity contribution in [2.45, 2.75) is 102 Å². The van der Waals surface area contributed by atoms with Crippen molar-refractivity contribution in [3.05, 3.63) is 23.8 Å². The highest BCUT2D eigenvalue weighted by atomic mass is 35.5. The number of thioether (sulfide) groups is 2. The molecule has 1 aromatic carbocycles. The van der Waals surface area contributed by atoms with Crippen LogP contribution in [0, 0.1) is 5.92 Å². The number of esters is 2. The summed E-state index contributed by atoms with van der Waals surface area (Å²) in [5.74, 6) is 0.472. The summed E-state index contributed by atoms with van der Waals surface area (Å²) in [6, 6.07) is 4.86. The lowest BCUT2D eigenvalue weighted by Gasteiger charge is -2.28. The van der Waals surface area contributed by atoms with Crippen LogP contribution < -0.4 is 75.4 Å². The van der Waals surface area contributed by atoms with Crippen molar-refractivity contribution in [2.75, 3.05) is 24.0 Å². The summed E-state index contributed by atoms with van der Waals surface area (Å²) in [6.07, 6.45) is 17.6. The van der Waals surface area contributed by atoms with Crippen LogP contribution in [-0.2, 0) is 16.1 Å². The number of carbonyl (C=O) groups excluding carboxylic acids is 2. The normalized spacial score (nSPS) is 14.1. The molecule has 0 amide bonds. The average Bonchev–Trinajstić information content (AvgIpc) is 2.92. The third-order valence-electron chi connectivity index (χ3n) is 7.26. The van der Waals surface area contributed by atoms with Crippen molar-refractivity contribution in [3.8, 4) is 11.5 Å². The molecule has 9 nitrogen and oxygen atoms in total. The fraction of sp³-hybridized carbons (Fsp3) is 0.724. The standard InChI is InChI=1S/C29H53N5O4S2.3ClH/c1-4-5-6-7-8-9-10-11-12-13-14-23(21-40-3)29(33,34)27(36)37-24-16-15-22(20-30)25(19-24)38-26(35)28(31,32)17-18-39-2;;;/h15-16,19,23H,4-14,17-18,20-21,30-34H2,1-3H3;3*1H. The van der Waals surface area contributed by atoms with Gasteiger partial charge in [0.2, 0.25) is 11.3 Å². The summed E-state index contributed by atoms with van der Waals surface area (Å²) in [4.78, 5) is 25.9. The van der Waals surface area contributed by atoms with Gasteiger partial charge in [-0.05, 0) is 31.1 Å². The highest BCUT2D eigenvalue weighted by Crippen LogP contribution is 2.28. The van der Waals surface area contributed by atoms with E-state index in [1.807, 2.05) is 12.5 Å². The van der Waals surface area contributed by atoms with E-state index >= 15 is 0 Å². The number of hydrogen-bond acceptors (Lipinski definition) is 8. The second-order valence-corrected chi connectivity index (χ2v) is 12.8. The highest BCUT2D eigenvalue weighted by Gasteiger charge is 2.44.